The Morgan fingerprint density at radius 1 is 1.12 bits per heavy atom. The van der Waals surface area contributed by atoms with Gasteiger partial charge in [-0.3, -0.25) is 14.4 Å². The first-order valence-electron chi connectivity index (χ1n) is 10.5. The first kappa shape index (κ1) is 24.7. The number of para-hydroxylation sites is 1. The van der Waals surface area contributed by atoms with Gasteiger partial charge in [-0.05, 0) is 49.1 Å². The summed E-state index contributed by atoms with van der Waals surface area (Å²) in [7, 11) is 1.46. The van der Waals surface area contributed by atoms with Crippen molar-refractivity contribution < 1.29 is 29.0 Å². The summed E-state index contributed by atoms with van der Waals surface area (Å²) < 4.78 is 10.1. The van der Waals surface area contributed by atoms with Crippen LogP contribution in [-0.2, 0) is 25.5 Å². The molecule has 2 aromatic carbocycles. The van der Waals surface area contributed by atoms with E-state index in [4.69, 9.17) is 9.47 Å². The number of aromatic hydroxyl groups is 1. The third-order valence-electron chi connectivity index (χ3n) is 4.82. The number of esters is 1. The van der Waals surface area contributed by atoms with Gasteiger partial charge < -0.3 is 24.8 Å². The van der Waals surface area contributed by atoms with Gasteiger partial charge in [0.05, 0.1) is 13.7 Å². The monoisotopic (exact) mass is 442 g/mol. The lowest BCUT2D eigenvalue weighted by atomic mass is 10.1. The summed E-state index contributed by atoms with van der Waals surface area (Å²) in [6, 6.07) is 12.3. The smallest absolute Gasteiger partial charge is 0.306 e. The van der Waals surface area contributed by atoms with Gasteiger partial charge in [-0.15, -0.1) is 0 Å². The van der Waals surface area contributed by atoms with E-state index in [1.54, 1.807) is 18.2 Å². The van der Waals surface area contributed by atoms with Crippen LogP contribution in [0.5, 0.6) is 11.5 Å². The minimum atomic E-state index is -0.533. The second kappa shape index (κ2) is 12.3. The number of nitrogens with one attached hydrogen (secondary N) is 1. The molecular weight excluding hydrogens is 412 g/mol. The molecule has 2 aromatic rings. The zero-order valence-electron chi connectivity index (χ0n) is 18.7. The molecule has 0 unspecified atom stereocenters. The van der Waals surface area contributed by atoms with E-state index in [0.717, 1.165) is 11.1 Å². The van der Waals surface area contributed by atoms with Crippen molar-refractivity contribution in [3.63, 3.8) is 0 Å². The molecule has 0 aliphatic carbocycles. The van der Waals surface area contributed by atoms with Gasteiger partial charge in [0.25, 0.3) is 5.91 Å². The van der Waals surface area contributed by atoms with E-state index in [1.165, 1.54) is 18.1 Å². The Morgan fingerprint density at radius 2 is 1.88 bits per heavy atom. The number of hydrogen-bond acceptors (Lipinski definition) is 6. The molecule has 0 aliphatic heterocycles. The molecular formula is C24H30N2O6. The number of carbonyl (C=O) groups excluding carboxylic acids is 3. The zero-order valence-corrected chi connectivity index (χ0v) is 18.7. The van der Waals surface area contributed by atoms with E-state index in [2.05, 4.69) is 5.32 Å². The highest BCUT2D eigenvalue weighted by Gasteiger charge is 2.19. The van der Waals surface area contributed by atoms with E-state index < -0.39 is 18.5 Å². The maximum absolute atomic E-state index is 12.5. The highest BCUT2D eigenvalue weighted by Crippen LogP contribution is 2.26. The summed E-state index contributed by atoms with van der Waals surface area (Å²) in [4.78, 5) is 38.3. The highest BCUT2D eigenvalue weighted by atomic mass is 16.5. The SMILES string of the molecule is CCCN(CC(=O)Nc1ccccc1C)C(=O)COC(=O)CCc1ccc(OC)c(O)c1. The molecule has 2 amide bonds. The fraction of sp³-hybridized carbons (Fsp3) is 0.375. The number of anilines is 1. The van der Waals surface area contributed by atoms with Crippen molar-refractivity contribution in [2.24, 2.45) is 0 Å². The van der Waals surface area contributed by atoms with Crippen molar-refractivity contribution in [2.75, 3.05) is 32.1 Å². The topological polar surface area (TPSA) is 105 Å². The van der Waals surface area contributed by atoms with Gasteiger partial charge in [0, 0.05) is 18.7 Å². The minimum absolute atomic E-state index is 0.00674. The molecule has 0 radical (unpaired) electrons. The van der Waals surface area contributed by atoms with Crippen molar-refractivity contribution >= 4 is 23.5 Å². The molecule has 2 rings (SSSR count). The van der Waals surface area contributed by atoms with Gasteiger partial charge in [0.2, 0.25) is 5.91 Å². The molecule has 2 N–H and O–H groups in total. The number of methoxy groups -OCH3 is 1. The fourth-order valence-electron chi connectivity index (χ4n) is 3.08. The maximum Gasteiger partial charge on any atom is 0.306 e. The predicted octanol–water partition coefficient (Wildman–Crippen LogP) is 3.06. The molecule has 172 valence electrons. The van der Waals surface area contributed by atoms with Crippen molar-refractivity contribution in [3.8, 4) is 11.5 Å². The van der Waals surface area contributed by atoms with E-state index in [9.17, 15) is 19.5 Å². The van der Waals surface area contributed by atoms with Crippen molar-refractivity contribution in [3.05, 3.63) is 53.6 Å². The van der Waals surface area contributed by atoms with E-state index in [1.807, 2.05) is 32.0 Å². The lowest BCUT2D eigenvalue weighted by Gasteiger charge is -2.21. The van der Waals surface area contributed by atoms with Crippen LogP contribution in [0.25, 0.3) is 0 Å². The highest BCUT2D eigenvalue weighted by molar-refractivity contribution is 5.95. The first-order valence-corrected chi connectivity index (χ1v) is 10.5. The maximum atomic E-state index is 12.5. The van der Waals surface area contributed by atoms with Crippen LogP contribution in [0.1, 0.15) is 30.9 Å². The Bertz CT molecular complexity index is 944. The Hall–Kier alpha value is -3.55. The third-order valence-corrected chi connectivity index (χ3v) is 4.82. The number of hydrogen-bond donors (Lipinski definition) is 2. The Balaban J connectivity index is 1.82. The average molecular weight is 443 g/mol. The summed E-state index contributed by atoms with van der Waals surface area (Å²) >= 11 is 0. The first-order chi connectivity index (χ1) is 15.3. The van der Waals surface area contributed by atoms with Gasteiger partial charge in [-0.25, -0.2) is 0 Å². The van der Waals surface area contributed by atoms with Crippen LogP contribution in [0.2, 0.25) is 0 Å². The van der Waals surface area contributed by atoms with E-state index in [0.29, 0.717) is 30.8 Å². The Kier molecular flexibility index (Phi) is 9.53. The van der Waals surface area contributed by atoms with Gasteiger partial charge in [-0.1, -0.05) is 31.2 Å². The number of aryl methyl sites for hydroxylation is 2. The number of amides is 2. The van der Waals surface area contributed by atoms with Crippen LogP contribution < -0.4 is 10.1 Å². The quantitative estimate of drug-likeness (QED) is 0.518. The predicted molar refractivity (Wildman–Crippen MR) is 121 cm³/mol. The molecule has 0 bridgehead atoms. The molecule has 8 heteroatoms. The second-order valence-corrected chi connectivity index (χ2v) is 7.35. The van der Waals surface area contributed by atoms with Gasteiger partial charge in [0.15, 0.2) is 18.1 Å². The molecule has 0 fully saturated rings. The van der Waals surface area contributed by atoms with Crippen LogP contribution in [0.4, 0.5) is 5.69 Å². The number of nitrogens with zero attached hydrogens (tertiary/aromatic N) is 1. The second-order valence-electron chi connectivity index (χ2n) is 7.35. The standard InChI is InChI=1S/C24H30N2O6/c1-4-13-26(15-22(28)25-19-8-6-5-7-17(19)2)23(29)16-32-24(30)12-10-18-9-11-21(31-3)20(27)14-18/h5-9,11,14,27H,4,10,12-13,15-16H2,1-3H3,(H,25,28). The number of ether oxygens (including phenoxy) is 2. The number of benzene rings is 2. The minimum Gasteiger partial charge on any atom is -0.504 e. The van der Waals surface area contributed by atoms with E-state index in [-0.39, 0.29) is 24.6 Å². The van der Waals surface area contributed by atoms with Crippen LogP contribution in [0.3, 0.4) is 0 Å². The Morgan fingerprint density at radius 3 is 2.53 bits per heavy atom. The lowest BCUT2D eigenvalue weighted by molar-refractivity contribution is -0.152. The summed E-state index contributed by atoms with van der Waals surface area (Å²) in [6.45, 7) is 3.61. The van der Waals surface area contributed by atoms with Crippen LogP contribution >= 0.6 is 0 Å². The molecule has 0 atom stereocenters. The Labute approximate surface area is 188 Å². The third kappa shape index (κ3) is 7.61. The molecule has 32 heavy (non-hydrogen) atoms. The summed E-state index contributed by atoms with van der Waals surface area (Å²) in [5, 5.41) is 12.6. The summed E-state index contributed by atoms with van der Waals surface area (Å²) in [5.74, 6) is -0.930. The molecule has 0 saturated carbocycles. The van der Waals surface area contributed by atoms with Crippen molar-refractivity contribution in [2.45, 2.75) is 33.1 Å². The molecule has 0 spiro atoms. The average Bonchev–Trinajstić information content (AvgIpc) is 2.77. The van der Waals surface area contributed by atoms with Gasteiger partial charge in [0.1, 0.15) is 0 Å². The number of phenolic OH excluding ortho intramolecular Hbond substituents is 1. The molecule has 0 aliphatic rings. The number of carbonyl (C=O) groups is 3. The van der Waals surface area contributed by atoms with Crippen LogP contribution in [0.15, 0.2) is 42.5 Å². The molecule has 0 aromatic heterocycles. The van der Waals surface area contributed by atoms with E-state index >= 15 is 0 Å². The molecule has 0 saturated heterocycles. The largest absolute Gasteiger partial charge is 0.504 e. The van der Waals surface area contributed by atoms with Crippen LogP contribution in [-0.4, -0.2) is 54.6 Å². The number of rotatable bonds is 11. The van der Waals surface area contributed by atoms with Gasteiger partial charge >= 0.3 is 5.97 Å². The normalized spacial score (nSPS) is 10.3. The zero-order chi connectivity index (χ0) is 23.5. The van der Waals surface area contributed by atoms with Gasteiger partial charge in [-0.2, -0.15) is 0 Å². The lowest BCUT2D eigenvalue weighted by Crippen LogP contribution is -2.40. The number of phenols is 1. The van der Waals surface area contributed by atoms with Crippen molar-refractivity contribution in [1.82, 2.24) is 4.90 Å². The fourth-order valence-corrected chi connectivity index (χ4v) is 3.08. The molecule has 8 nitrogen and oxygen atoms in total. The van der Waals surface area contributed by atoms with Crippen molar-refractivity contribution in [1.29, 1.82) is 0 Å². The molecule has 0 heterocycles. The summed E-state index contributed by atoms with van der Waals surface area (Å²) in [6.07, 6.45) is 1.07. The summed E-state index contributed by atoms with van der Waals surface area (Å²) in [5.41, 5.74) is 2.36. The van der Waals surface area contributed by atoms with Crippen LogP contribution in [0, 0.1) is 6.92 Å².